The predicted molar refractivity (Wildman–Crippen MR) is 85.1 cm³/mol. The number of primary amides is 1. The first-order valence-electron chi connectivity index (χ1n) is 8.18. The number of amides is 1. The molecule has 0 radical (unpaired) electrons. The topological polar surface area (TPSA) is 136 Å². The van der Waals surface area contributed by atoms with Crippen molar-refractivity contribution < 1.29 is 24.5 Å². The highest BCUT2D eigenvalue weighted by molar-refractivity contribution is 5.81. The molecule has 1 aliphatic carbocycles. The standard InChI is InChI=1S/C16H30N2O5/c1-16(2,3)23-15(22)10(12(19)13(20)14(18)21)11(17)9-7-5-4-6-8-9/h9-13,19-20H,4-8,17H2,1-3H3,(H2,18,21). The van der Waals surface area contributed by atoms with E-state index in [2.05, 4.69) is 0 Å². The van der Waals surface area contributed by atoms with Crippen LogP contribution in [0.5, 0.6) is 0 Å². The number of aliphatic hydroxyl groups is 2. The molecule has 134 valence electrons. The summed E-state index contributed by atoms with van der Waals surface area (Å²) in [6.07, 6.45) is 1.29. The van der Waals surface area contributed by atoms with Crippen molar-refractivity contribution >= 4 is 11.9 Å². The molecule has 0 aliphatic heterocycles. The molecule has 7 heteroatoms. The maximum Gasteiger partial charge on any atom is 0.313 e. The number of carbonyl (C=O) groups is 2. The van der Waals surface area contributed by atoms with Gasteiger partial charge in [0.15, 0.2) is 6.10 Å². The molecule has 0 spiro atoms. The minimum Gasteiger partial charge on any atom is -0.460 e. The summed E-state index contributed by atoms with van der Waals surface area (Å²) in [4.78, 5) is 23.7. The van der Waals surface area contributed by atoms with E-state index in [-0.39, 0.29) is 5.92 Å². The van der Waals surface area contributed by atoms with Crippen LogP contribution in [0.4, 0.5) is 0 Å². The van der Waals surface area contributed by atoms with Gasteiger partial charge < -0.3 is 26.4 Å². The van der Waals surface area contributed by atoms with E-state index in [1.807, 2.05) is 0 Å². The molecule has 0 aromatic carbocycles. The fraction of sp³-hybridized carbons (Fsp3) is 0.875. The molecule has 0 aromatic heterocycles. The summed E-state index contributed by atoms with van der Waals surface area (Å²) in [6, 6.07) is -0.700. The number of aliphatic hydroxyl groups excluding tert-OH is 2. The lowest BCUT2D eigenvalue weighted by Crippen LogP contribution is -2.55. The number of esters is 1. The van der Waals surface area contributed by atoms with Gasteiger partial charge in [-0.1, -0.05) is 19.3 Å². The lowest BCUT2D eigenvalue weighted by atomic mass is 9.76. The molecular formula is C16H30N2O5. The van der Waals surface area contributed by atoms with Gasteiger partial charge in [0.1, 0.15) is 17.6 Å². The predicted octanol–water partition coefficient (Wildman–Crippen LogP) is 0.0590. The largest absolute Gasteiger partial charge is 0.460 e. The van der Waals surface area contributed by atoms with Crippen molar-refractivity contribution in [1.82, 2.24) is 0 Å². The molecule has 1 saturated carbocycles. The molecule has 1 aliphatic rings. The first-order chi connectivity index (χ1) is 10.5. The molecule has 6 N–H and O–H groups in total. The second-order valence-corrected chi connectivity index (χ2v) is 7.37. The summed E-state index contributed by atoms with van der Waals surface area (Å²) in [5, 5.41) is 20.1. The van der Waals surface area contributed by atoms with Gasteiger partial charge in [0.05, 0.1) is 0 Å². The van der Waals surface area contributed by atoms with E-state index in [1.165, 1.54) is 0 Å². The van der Waals surface area contributed by atoms with Crippen molar-refractivity contribution in [2.75, 3.05) is 0 Å². The summed E-state index contributed by atoms with van der Waals surface area (Å²) in [7, 11) is 0. The highest BCUT2D eigenvalue weighted by Gasteiger charge is 2.43. The smallest absolute Gasteiger partial charge is 0.313 e. The third-order valence-corrected chi connectivity index (χ3v) is 4.27. The van der Waals surface area contributed by atoms with E-state index in [0.717, 1.165) is 32.1 Å². The maximum absolute atomic E-state index is 12.5. The van der Waals surface area contributed by atoms with E-state index < -0.39 is 41.6 Å². The summed E-state index contributed by atoms with van der Waals surface area (Å²) < 4.78 is 5.32. The Labute approximate surface area is 137 Å². The Kier molecular flexibility index (Phi) is 6.98. The van der Waals surface area contributed by atoms with Gasteiger partial charge in [-0.05, 0) is 39.5 Å². The Morgan fingerprint density at radius 3 is 2.09 bits per heavy atom. The van der Waals surface area contributed by atoms with Crippen LogP contribution in [0.15, 0.2) is 0 Å². The lowest BCUT2D eigenvalue weighted by Gasteiger charge is -2.36. The van der Waals surface area contributed by atoms with Crippen LogP contribution >= 0.6 is 0 Å². The zero-order chi connectivity index (χ0) is 17.8. The zero-order valence-electron chi connectivity index (χ0n) is 14.2. The van der Waals surface area contributed by atoms with Crippen LogP contribution in [-0.2, 0) is 14.3 Å². The van der Waals surface area contributed by atoms with Gasteiger partial charge in [0.2, 0.25) is 5.91 Å². The number of ether oxygens (including phenoxy) is 1. The van der Waals surface area contributed by atoms with Crippen LogP contribution in [0.2, 0.25) is 0 Å². The van der Waals surface area contributed by atoms with Gasteiger partial charge in [-0.15, -0.1) is 0 Å². The average molecular weight is 330 g/mol. The van der Waals surface area contributed by atoms with E-state index in [0.29, 0.717) is 0 Å². The van der Waals surface area contributed by atoms with Gasteiger partial charge in [-0.3, -0.25) is 9.59 Å². The van der Waals surface area contributed by atoms with Crippen LogP contribution in [0.1, 0.15) is 52.9 Å². The Bertz CT molecular complexity index is 415. The normalized spacial score (nSPS) is 22.0. The van der Waals surface area contributed by atoms with Gasteiger partial charge in [0.25, 0.3) is 0 Å². The minimum atomic E-state index is -1.86. The highest BCUT2D eigenvalue weighted by Crippen LogP contribution is 2.31. The Morgan fingerprint density at radius 1 is 1.13 bits per heavy atom. The van der Waals surface area contributed by atoms with Crippen LogP contribution in [0, 0.1) is 11.8 Å². The van der Waals surface area contributed by atoms with Crippen LogP contribution in [0.3, 0.4) is 0 Å². The summed E-state index contributed by atoms with van der Waals surface area (Å²) in [5.74, 6) is -2.97. The molecule has 1 rings (SSSR count). The number of rotatable bonds is 6. The van der Waals surface area contributed by atoms with E-state index in [1.54, 1.807) is 20.8 Å². The number of nitrogens with two attached hydrogens (primary N) is 2. The molecule has 1 fully saturated rings. The van der Waals surface area contributed by atoms with Crippen LogP contribution < -0.4 is 11.5 Å². The Hall–Kier alpha value is -1.18. The Balaban J connectivity index is 2.98. The molecule has 0 bridgehead atoms. The first kappa shape index (κ1) is 19.9. The SMILES string of the molecule is CC(C)(C)OC(=O)C(C(N)C1CCCCC1)C(O)C(O)C(N)=O. The van der Waals surface area contributed by atoms with Gasteiger partial charge >= 0.3 is 5.97 Å². The molecular weight excluding hydrogens is 300 g/mol. The van der Waals surface area contributed by atoms with E-state index in [4.69, 9.17) is 16.2 Å². The monoisotopic (exact) mass is 330 g/mol. The van der Waals surface area contributed by atoms with E-state index in [9.17, 15) is 19.8 Å². The number of hydrogen-bond acceptors (Lipinski definition) is 6. The van der Waals surface area contributed by atoms with Crippen molar-refractivity contribution in [3.05, 3.63) is 0 Å². The fourth-order valence-corrected chi connectivity index (χ4v) is 3.07. The molecule has 0 aromatic rings. The van der Waals surface area contributed by atoms with Gasteiger partial charge in [-0.2, -0.15) is 0 Å². The second-order valence-electron chi connectivity index (χ2n) is 7.37. The maximum atomic E-state index is 12.5. The van der Waals surface area contributed by atoms with Crippen molar-refractivity contribution in [2.24, 2.45) is 23.3 Å². The number of carbonyl (C=O) groups excluding carboxylic acids is 2. The first-order valence-corrected chi connectivity index (χ1v) is 8.18. The molecule has 23 heavy (non-hydrogen) atoms. The minimum absolute atomic E-state index is 0.0380. The Morgan fingerprint density at radius 2 is 1.65 bits per heavy atom. The fourth-order valence-electron chi connectivity index (χ4n) is 3.07. The van der Waals surface area contributed by atoms with Gasteiger partial charge in [-0.25, -0.2) is 0 Å². The summed E-state index contributed by atoms with van der Waals surface area (Å²) in [6.45, 7) is 5.10. The zero-order valence-corrected chi connectivity index (χ0v) is 14.2. The quantitative estimate of drug-likeness (QED) is 0.508. The molecule has 0 saturated heterocycles. The highest BCUT2D eigenvalue weighted by atomic mass is 16.6. The van der Waals surface area contributed by atoms with Gasteiger partial charge in [0, 0.05) is 6.04 Å². The molecule has 4 unspecified atom stereocenters. The van der Waals surface area contributed by atoms with Crippen molar-refractivity contribution in [1.29, 1.82) is 0 Å². The number of hydrogen-bond donors (Lipinski definition) is 4. The van der Waals surface area contributed by atoms with Crippen LogP contribution in [0.25, 0.3) is 0 Å². The molecule has 7 nitrogen and oxygen atoms in total. The third kappa shape index (κ3) is 5.75. The second kappa shape index (κ2) is 8.08. The molecule has 4 atom stereocenters. The third-order valence-electron chi connectivity index (χ3n) is 4.27. The van der Waals surface area contributed by atoms with Crippen LogP contribution in [-0.4, -0.2) is 45.9 Å². The van der Waals surface area contributed by atoms with Crippen molar-refractivity contribution in [3.63, 3.8) is 0 Å². The summed E-state index contributed by atoms with van der Waals surface area (Å²) in [5.41, 5.74) is 10.5. The van der Waals surface area contributed by atoms with E-state index >= 15 is 0 Å². The average Bonchev–Trinajstić information content (AvgIpc) is 2.45. The lowest BCUT2D eigenvalue weighted by molar-refractivity contribution is -0.170. The summed E-state index contributed by atoms with van der Waals surface area (Å²) >= 11 is 0. The molecule has 1 amide bonds. The van der Waals surface area contributed by atoms with Crippen molar-refractivity contribution in [3.8, 4) is 0 Å². The van der Waals surface area contributed by atoms with Crippen molar-refractivity contribution in [2.45, 2.75) is 76.7 Å². The molecule has 0 heterocycles.